The summed E-state index contributed by atoms with van der Waals surface area (Å²) in [7, 11) is 0. The van der Waals surface area contributed by atoms with Gasteiger partial charge in [0.1, 0.15) is 5.69 Å². The minimum absolute atomic E-state index is 0.103. The van der Waals surface area contributed by atoms with Crippen molar-refractivity contribution >= 4 is 5.97 Å². The minimum atomic E-state index is -0.846. The fourth-order valence-electron chi connectivity index (χ4n) is 3.17. The lowest BCUT2D eigenvalue weighted by molar-refractivity contribution is 0.0518. The first-order valence-electron chi connectivity index (χ1n) is 9.88. The Balaban J connectivity index is 2.02. The maximum Gasteiger partial charge on any atom is 0.347 e. The number of aromatic nitrogens is 2. The van der Waals surface area contributed by atoms with Crippen molar-refractivity contribution in [3.8, 4) is 16.9 Å². The molecule has 0 saturated carbocycles. The molecule has 1 aromatic heterocycles. The van der Waals surface area contributed by atoms with Gasteiger partial charge >= 0.3 is 5.97 Å². The van der Waals surface area contributed by atoms with Crippen molar-refractivity contribution in [3.63, 3.8) is 0 Å². The second-order valence-corrected chi connectivity index (χ2v) is 8.07. The molecule has 30 heavy (non-hydrogen) atoms. The SMILES string of the molecule is CCOC(=O)c1c(O)c(C(C)(C)C)nn(Cc2ccc(-c3ccccc3)cc2)c1=O. The zero-order valence-corrected chi connectivity index (χ0v) is 17.7. The van der Waals surface area contributed by atoms with Crippen LogP contribution in [-0.4, -0.2) is 27.5 Å². The summed E-state index contributed by atoms with van der Waals surface area (Å²) in [4.78, 5) is 25.3. The Kier molecular flexibility index (Phi) is 6.06. The van der Waals surface area contributed by atoms with Crippen LogP contribution < -0.4 is 5.56 Å². The number of hydrogen-bond donors (Lipinski definition) is 1. The van der Waals surface area contributed by atoms with E-state index in [1.54, 1.807) is 6.92 Å². The molecule has 6 heteroatoms. The third kappa shape index (κ3) is 4.43. The normalized spacial score (nSPS) is 11.3. The van der Waals surface area contributed by atoms with Crippen LogP contribution in [0.25, 0.3) is 11.1 Å². The third-order valence-corrected chi connectivity index (χ3v) is 4.71. The van der Waals surface area contributed by atoms with Crippen molar-refractivity contribution in [2.75, 3.05) is 6.61 Å². The van der Waals surface area contributed by atoms with Gasteiger partial charge in [0, 0.05) is 5.41 Å². The fraction of sp³-hybridized carbons (Fsp3) is 0.292. The number of carbonyl (C=O) groups is 1. The molecule has 3 aromatic rings. The smallest absolute Gasteiger partial charge is 0.347 e. The van der Waals surface area contributed by atoms with Crippen LogP contribution in [0.15, 0.2) is 59.4 Å². The lowest BCUT2D eigenvalue weighted by atomic mass is 9.90. The number of aromatic hydroxyl groups is 1. The summed E-state index contributed by atoms with van der Waals surface area (Å²) < 4.78 is 6.20. The van der Waals surface area contributed by atoms with E-state index >= 15 is 0 Å². The van der Waals surface area contributed by atoms with Crippen LogP contribution >= 0.6 is 0 Å². The molecule has 6 nitrogen and oxygen atoms in total. The number of nitrogens with zero attached hydrogens (tertiary/aromatic N) is 2. The molecule has 0 unspecified atom stereocenters. The van der Waals surface area contributed by atoms with E-state index in [0.717, 1.165) is 16.7 Å². The Labute approximate surface area is 175 Å². The Morgan fingerprint density at radius 1 is 1.03 bits per heavy atom. The maximum absolute atomic E-state index is 12.9. The number of ether oxygens (including phenoxy) is 1. The van der Waals surface area contributed by atoms with E-state index in [0.29, 0.717) is 0 Å². The molecular weight excluding hydrogens is 380 g/mol. The average molecular weight is 406 g/mol. The van der Waals surface area contributed by atoms with Gasteiger partial charge in [-0.05, 0) is 23.6 Å². The number of esters is 1. The van der Waals surface area contributed by atoms with Crippen molar-refractivity contribution in [3.05, 3.63) is 81.8 Å². The maximum atomic E-state index is 12.9. The van der Waals surface area contributed by atoms with Gasteiger partial charge in [-0.1, -0.05) is 75.4 Å². The first-order valence-corrected chi connectivity index (χ1v) is 9.88. The van der Waals surface area contributed by atoms with Gasteiger partial charge in [-0.2, -0.15) is 5.10 Å². The summed E-state index contributed by atoms with van der Waals surface area (Å²) in [5, 5.41) is 14.9. The lowest BCUT2D eigenvalue weighted by Gasteiger charge is -2.21. The van der Waals surface area contributed by atoms with Crippen LogP contribution in [0.4, 0.5) is 0 Å². The number of rotatable bonds is 5. The molecule has 1 N–H and O–H groups in total. The first-order chi connectivity index (χ1) is 14.2. The molecule has 0 amide bonds. The highest BCUT2D eigenvalue weighted by molar-refractivity contribution is 5.92. The average Bonchev–Trinajstić information content (AvgIpc) is 2.70. The largest absolute Gasteiger partial charge is 0.505 e. The highest BCUT2D eigenvalue weighted by Gasteiger charge is 2.29. The lowest BCUT2D eigenvalue weighted by Crippen LogP contribution is -2.33. The highest BCUT2D eigenvalue weighted by atomic mass is 16.5. The molecule has 1 heterocycles. The molecule has 0 radical (unpaired) electrons. The zero-order chi connectivity index (χ0) is 21.9. The molecule has 2 aromatic carbocycles. The van der Waals surface area contributed by atoms with Crippen molar-refractivity contribution < 1.29 is 14.6 Å². The zero-order valence-electron chi connectivity index (χ0n) is 17.7. The van der Waals surface area contributed by atoms with Crippen LogP contribution in [0.1, 0.15) is 49.3 Å². The molecule has 3 rings (SSSR count). The summed E-state index contributed by atoms with van der Waals surface area (Å²) in [6.45, 7) is 7.48. The first kappa shape index (κ1) is 21.3. The molecular formula is C24H26N2O4. The molecule has 0 fully saturated rings. The number of carbonyl (C=O) groups excluding carboxylic acids is 1. The van der Waals surface area contributed by atoms with Crippen LogP contribution in [0.2, 0.25) is 0 Å². The van der Waals surface area contributed by atoms with Gasteiger partial charge in [-0.25, -0.2) is 9.48 Å². The highest BCUT2D eigenvalue weighted by Crippen LogP contribution is 2.30. The number of benzene rings is 2. The van der Waals surface area contributed by atoms with Gasteiger partial charge in [0.2, 0.25) is 0 Å². The summed E-state index contributed by atoms with van der Waals surface area (Å²) in [6.07, 6.45) is 0. The molecule has 0 spiro atoms. The summed E-state index contributed by atoms with van der Waals surface area (Å²) >= 11 is 0. The Bertz CT molecular complexity index is 1100. The summed E-state index contributed by atoms with van der Waals surface area (Å²) in [5.41, 5.74) is 1.66. The van der Waals surface area contributed by atoms with E-state index in [1.165, 1.54) is 4.68 Å². The van der Waals surface area contributed by atoms with Gasteiger partial charge in [-0.3, -0.25) is 4.79 Å². The molecule has 0 saturated heterocycles. The van der Waals surface area contributed by atoms with E-state index in [1.807, 2.05) is 75.4 Å². The summed E-state index contributed by atoms with van der Waals surface area (Å²) in [5.74, 6) is -1.26. The Morgan fingerprint density at radius 2 is 1.63 bits per heavy atom. The Hall–Kier alpha value is -3.41. The van der Waals surface area contributed by atoms with E-state index in [2.05, 4.69) is 5.10 Å². The second-order valence-electron chi connectivity index (χ2n) is 8.07. The molecule has 156 valence electrons. The predicted molar refractivity (Wildman–Crippen MR) is 116 cm³/mol. The fourth-order valence-corrected chi connectivity index (χ4v) is 3.17. The monoisotopic (exact) mass is 406 g/mol. The molecule has 0 aliphatic carbocycles. The standard InChI is InChI=1S/C24H26N2O4/c1-5-30-23(29)19-20(27)21(24(2,3)4)25-26(22(19)28)15-16-11-13-18(14-12-16)17-9-7-6-8-10-17/h6-14,27H,5,15H2,1-4H3. The predicted octanol–water partition coefficient (Wildman–Crippen LogP) is 4.14. The molecule has 0 aliphatic heterocycles. The van der Waals surface area contributed by atoms with E-state index in [4.69, 9.17) is 4.74 Å². The number of hydrogen-bond acceptors (Lipinski definition) is 5. The van der Waals surface area contributed by atoms with E-state index < -0.39 is 22.7 Å². The van der Waals surface area contributed by atoms with Crippen LogP contribution in [0.5, 0.6) is 5.75 Å². The molecule has 0 bridgehead atoms. The molecule has 0 aliphatic rings. The van der Waals surface area contributed by atoms with E-state index in [9.17, 15) is 14.7 Å². The van der Waals surface area contributed by atoms with Gasteiger partial charge < -0.3 is 9.84 Å². The van der Waals surface area contributed by atoms with Gasteiger partial charge in [-0.15, -0.1) is 0 Å². The minimum Gasteiger partial charge on any atom is -0.505 e. The van der Waals surface area contributed by atoms with Crippen molar-refractivity contribution in [1.82, 2.24) is 9.78 Å². The Morgan fingerprint density at radius 3 is 2.20 bits per heavy atom. The van der Waals surface area contributed by atoms with Gasteiger partial charge in [0.25, 0.3) is 5.56 Å². The van der Waals surface area contributed by atoms with Crippen LogP contribution in [0.3, 0.4) is 0 Å². The van der Waals surface area contributed by atoms with Crippen LogP contribution in [-0.2, 0) is 16.7 Å². The van der Waals surface area contributed by atoms with Crippen molar-refractivity contribution in [2.45, 2.75) is 39.7 Å². The van der Waals surface area contributed by atoms with Crippen molar-refractivity contribution in [1.29, 1.82) is 0 Å². The second kappa shape index (κ2) is 8.53. The topological polar surface area (TPSA) is 81.4 Å². The molecule has 0 atom stereocenters. The van der Waals surface area contributed by atoms with E-state index in [-0.39, 0.29) is 24.4 Å². The van der Waals surface area contributed by atoms with Gasteiger partial charge in [0.05, 0.1) is 13.2 Å². The van der Waals surface area contributed by atoms with Gasteiger partial charge in [0.15, 0.2) is 11.3 Å². The quantitative estimate of drug-likeness (QED) is 0.644. The van der Waals surface area contributed by atoms with Crippen LogP contribution in [0, 0.1) is 0 Å². The van der Waals surface area contributed by atoms with Crippen molar-refractivity contribution in [2.24, 2.45) is 0 Å². The third-order valence-electron chi connectivity index (χ3n) is 4.71. The summed E-state index contributed by atoms with van der Waals surface area (Å²) in [6, 6.07) is 17.8.